The number of fused-ring (bicyclic) bond motifs is 1. The number of allylic oxidation sites excluding steroid dienone is 1. The zero-order chi connectivity index (χ0) is 29.2. The Morgan fingerprint density at radius 2 is 2.24 bits per heavy atom. The fourth-order valence-corrected chi connectivity index (χ4v) is 3.01. The second kappa shape index (κ2) is 10.7. The molecule has 6 nitrogen and oxygen atoms in total. The van der Waals surface area contributed by atoms with Crippen LogP contribution in [0, 0.1) is 24.1 Å². The first kappa shape index (κ1) is 16.8. The van der Waals surface area contributed by atoms with Gasteiger partial charge in [-0.05, 0) is 63.8 Å². The molecule has 7 heteroatoms. The van der Waals surface area contributed by atoms with E-state index in [2.05, 4.69) is 10.3 Å². The molecule has 0 aliphatic carbocycles. The number of hydrogen-bond acceptors (Lipinski definition) is 6. The Hall–Kier alpha value is -3.76. The van der Waals surface area contributed by atoms with E-state index in [1.54, 1.807) is 25.9 Å². The molecule has 3 rings (SSSR count). The van der Waals surface area contributed by atoms with Crippen LogP contribution in [0.2, 0.25) is 0 Å². The van der Waals surface area contributed by atoms with E-state index in [4.69, 9.17) is 13.0 Å². The number of anilines is 2. The Kier molecular flexibility index (Phi) is 5.46. The number of carbonyl (C=O) groups is 1. The third kappa shape index (κ3) is 5.93. The fraction of sp³-hybridized carbons (Fsp3) is 0.269. The van der Waals surface area contributed by atoms with Crippen molar-refractivity contribution in [2.75, 3.05) is 32.5 Å². The van der Waals surface area contributed by atoms with Gasteiger partial charge in [0.15, 0.2) is 5.78 Å². The summed E-state index contributed by atoms with van der Waals surface area (Å²) in [6.45, 7) is 0.637. The number of ketones is 1. The molecule has 170 valence electrons. The summed E-state index contributed by atoms with van der Waals surface area (Å²) in [6, 6.07) is 4.74. The average molecular weight is 453 g/mol. The van der Waals surface area contributed by atoms with Gasteiger partial charge in [0.25, 0.3) is 0 Å². The van der Waals surface area contributed by atoms with Crippen molar-refractivity contribution >= 4 is 28.1 Å². The Labute approximate surface area is 201 Å². The minimum atomic E-state index is -2.30. The van der Waals surface area contributed by atoms with E-state index in [1.165, 1.54) is 24.3 Å². The summed E-state index contributed by atoms with van der Waals surface area (Å²) in [5.74, 6) is -1.57. The van der Waals surface area contributed by atoms with E-state index in [9.17, 15) is 14.4 Å². The molecule has 0 aliphatic rings. The number of likely N-dealkylation sites (N-methyl/N-ethyl adjacent to an activating group) is 1. The van der Waals surface area contributed by atoms with Gasteiger partial charge < -0.3 is 15.0 Å². The lowest BCUT2D eigenvalue weighted by Gasteiger charge is -2.15. The van der Waals surface area contributed by atoms with Gasteiger partial charge in [-0.3, -0.25) is 9.78 Å². The van der Waals surface area contributed by atoms with Gasteiger partial charge in [0.2, 0.25) is 0 Å². The largest absolute Gasteiger partial charge is 0.494 e. The highest BCUT2D eigenvalue weighted by atomic mass is 19.1. The Morgan fingerprint density at radius 3 is 2.91 bits per heavy atom. The lowest BCUT2D eigenvalue weighted by molar-refractivity contribution is -0.114. The Morgan fingerprint density at radius 1 is 1.45 bits per heavy atom. The summed E-state index contributed by atoms with van der Waals surface area (Å²) in [6.07, 6.45) is 0.322. The van der Waals surface area contributed by atoms with Gasteiger partial charge in [0, 0.05) is 41.8 Å². The SMILES string of the molecule is [2H]/C(=C\CN(C)C)C(=O)Cc1c(OC([2H])([2H])C)c([2H])c2nc([2H])c(C#N)c(Nc3ccc(F)c(C)c3)c2c1[2H]. The monoisotopic (exact) mass is 452 g/mol. The number of nitriles is 1. The van der Waals surface area contributed by atoms with Crippen molar-refractivity contribution < 1.29 is 22.1 Å². The standard InChI is InChI=1S/C26H27FN4O2/c1-5-33-25-14-24-22(13-18(25)12-21(32)7-6-10-31(3)4)26(19(15-28)16-29-24)30-20-8-9-23(27)17(2)11-20/h6-9,11,13-14,16H,5,10,12H2,1-4H3,(H,29,30)/b7-6+/i5D2,7D,13D,14D,16D. The summed E-state index contributed by atoms with van der Waals surface area (Å²) < 4.78 is 69.1. The van der Waals surface area contributed by atoms with Crippen molar-refractivity contribution in [1.82, 2.24) is 9.88 Å². The second-order valence-electron chi connectivity index (χ2n) is 7.47. The number of halogens is 1. The van der Waals surface area contributed by atoms with Crippen molar-refractivity contribution in [1.29, 1.82) is 5.26 Å². The van der Waals surface area contributed by atoms with Crippen LogP contribution in [0.3, 0.4) is 0 Å². The molecule has 1 heterocycles. The summed E-state index contributed by atoms with van der Waals surface area (Å²) >= 11 is 0. The van der Waals surface area contributed by atoms with Gasteiger partial charge in [-0.2, -0.15) is 5.26 Å². The average Bonchev–Trinajstić information content (AvgIpc) is 2.84. The molecule has 0 atom stereocenters. The predicted octanol–water partition coefficient (Wildman–Crippen LogP) is 4.93. The molecule has 0 spiro atoms. The second-order valence-corrected chi connectivity index (χ2v) is 7.47. The maximum Gasteiger partial charge on any atom is 0.159 e. The number of rotatable bonds is 9. The number of hydrogen-bond donors (Lipinski definition) is 1. The number of pyridine rings is 1. The summed E-state index contributed by atoms with van der Waals surface area (Å²) in [7, 11) is 3.53. The van der Waals surface area contributed by atoms with E-state index < -0.39 is 42.5 Å². The van der Waals surface area contributed by atoms with Crippen LogP contribution in [0.1, 0.15) is 31.8 Å². The van der Waals surface area contributed by atoms with E-state index in [-0.39, 0.29) is 39.8 Å². The topological polar surface area (TPSA) is 78.2 Å². The van der Waals surface area contributed by atoms with Crippen molar-refractivity contribution in [3.8, 4) is 11.8 Å². The molecule has 0 amide bonds. The lowest BCUT2D eigenvalue weighted by Crippen LogP contribution is -2.11. The van der Waals surface area contributed by atoms with E-state index in [1.807, 2.05) is 6.07 Å². The Bertz CT molecular complexity index is 1530. The third-order valence-electron chi connectivity index (χ3n) is 4.60. The van der Waals surface area contributed by atoms with Crippen LogP contribution < -0.4 is 10.1 Å². The molecule has 0 radical (unpaired) electrons. The van der Waals surface area contributed by atoms with Crippen LogP contribution in [-0.4, -0.2) is 42.9 Å². The number of aromatic nitrogens is 1. The smallest absolute Gasteiger partial charge is 0.159 e. The number of carbonyl (C=O) groups excluding carboxylic acids is 1. The first-order valence-corrected chi connectivity index (χ1v) is 10.1. The molecular weight excluding hydrogens is 419 g/mol. The zero-order valence-corrected chi connectivity index (χ0v) is 18.8. The number of nitrogens with one attached hydrogen (secondary N) is 1. The number of aryl methyl sites for hydroxylation is 1. The summed E-state index contributed by atoms with van der Waals surface area (Å²) in [4.78, 5) is 18.7. The van der Waals surface area contributed by atoms with Crippen LogP contribution >= 0.6 is 0 Å². The maximum absolute atomic E-state index is 13.9. The van der Waals surface area contributed by atoms with E-state index in [0.717, 1.165) is 6.92 Å². The molecule has 2 aromatic carbocycles. The van der Waals surface area contributed by atoms with Crippen LogP contribution in [0.25, 0.3) is 10.9 Å². The van der Waals surface area contributed by atoms with Crippen molar-refractivity contribution in [2.45, 2.75) is 20.3 Å². The third-order valence-corrected chi connectivity index (χ3v) is 4.60. The molecule has 3 aromatic rings. The van der Waals surface area contributed by atoms with Crippen LogP contribution in [0.15, 0.2) is 48.6 Å². The fourth-order valence-electron chi connectivity index (χ4n) is 3.01. The molecule has 0 saturated heterocycles. The van der Waals surface area contributed by atoms with E-state index >= 15 is 0 Å². The Balaban J connectivity index is 2.35. The number of benzene rings is 2. The maximum atomic E-state index is 13.9. The molecule has 1 aromatic heterocycles. The van der Waals surface area contributed by atoms with Crippen LogP contribution in [-0.2, 0) is 11.2 Å². The minimum Gasteiger partial charge on any atom is -0.494 e. The summed E-state index contributed by atoms with van der Waals surface area (Å²) in [5, 5.41) is 12.7. The van der Waals surface area contributed by atoms with Gasteiger partial charge in [0.05, 0.1) is 31.6 Å². The van der Waals surface area contributed by atoms with Gasteiger partial charge in [0.1, 0.15) is 17.6 Å². The van der Waals surface area contributed by atoms with Crippen LogP contribution in [0.5, 0.6) is 5.75 Å². The molecule has 1 N–H and O–H groups in total. The normalized spacial score (nSPS) is 14.5. The molecule has 0 bridgehead atoms. The highest BCUT2D eigenvalue weighted by Gasteiger charge is 2.16. The van der Waals surface area contributed by atoms with Gasteiger partial charge in [-0.25, -0.2) is 4.39 Å². The molecule has 0 unspecified atom stereocenters. The number of nitrogens with zero attached hydrogens (tertiary/aromatic N) is 3. The first-order chi connectivity index (χ1) is 18.1. The zero-order valence-electron chi connectivity index (χ0n) is 24.8. The van der Waals surface area contributed by atoms with Crippen molar-refractivity contribution in [2.24, 2.45) is 0 Å². The van der Waals surface area contributed by atoms with Gasteiger partial charge >= 0.3 is 0 Å². The first-order valence-electron chi connectivity index (χ1n) is 13.1. The highest BCUT2D eigenvalue weighted by molar-refractivity contribution is 5.98. The molecular formula is C26H27FN4O2. The number of ether oxygens (including phenoxy) is 1. The molecule has 0 aliphatic heterocycles. The lowest BCUT2D eigenvalue weighted by atomic mass is 10.0. The molecule has 0 fully saturated rings. The highest BCUT2D eigenvalue weighted by Crippen LogP contribution is 2.34. The van der Waals surface area contributed by atoms with Crippen molar-refractivity contribution in [3.05, 3.63) is 71.1 Å². The van der Waals surface area contributed by atoms with Crippen molar-refractivity contribution in [3.63, 3.8) is 0 Å². The molecule has 0 saturated carbocycles. The van der Waals surface area contributed by atoms with Gasteiger partial charge in [-0.1, -0.05) is 6.08 Å². The van der Waals surface area contributed by atoms with Gasteiger partial charge in [-0.15, -0.1) is 0 Å². The quantitative estimate of drug-likeness (QED) is 0.464. The molecule has 33 heavy (non-hydrogen) atoms. The predicted molar refractivity (Wildman–Crippen MR) is 128 cm³/mol. The van der Waals surface area contributed by atoms with Crippen LogP contribution in [0.4, 0.5) is 15.8 Å². The van der Waals surface area contributed by atoms with E-state index in [0.29, 0.717) is 17.8 Å². The minimum absolute atomic E-state index is 0.0500. The summed E-state index contributed by atoms with van der Waals surface area (Å²) in [5.41, 5.74) is -0.0590.